The third kappa shape index (κ3) is 4.60. The van der Waals surface area contributed by atoms with Gasteiger partial charge in [-0.1, -0.05) is 38.1 Å². The summed E-state index contributed by atoms with van der Waals surface area (Å²) in [7, 11) is 0. The van der Waals surface area contributed by atoms with Crippen molar-refractivity contribution in [2.24, 2.45) is 5.92 Å². The summed E-state index contributed by atoms with van der Waals surface area (Å²) in [5.41, 5.74) is 2.87. The van der Waals surface area contributed by atoms with Crippen molar-refractivity contribution in [1.29, 1.82) is 0 Å². The second-order valence-corrected chi connectivity index (χ2v) is 5.87. The van der Waals surface area contributed by atoms with Gasteiger partial charge in [0.05, 0.1) is 12.7 Å². The average Bonchev–Trinajstić information content (AvgIpc) is 2.78. The fraction of sp³-hybridized carbons (Fsp3) is 0.625. The summed E-state index contributed by atoms with van der Waals surface area (Å²) in [6.45, 7) is 5.97. The maximum absolute atomic E-state index is 9.85. The summed E-state index contributed by atoms with van der Waals surface area (Å²) in [5, 5.41) is 13.3. The first-order chi connectivity index (χ1) is 9.15. The van der Waals surface area contributed by atoms with Gasteiger partial charge in [0, 0.05) is 19.2 Å². The lowest BCUT2D eigenvalue weighted by Gasteiger charge is -2.17. The van der Waals surface area contributed by atoms with Crippen molar-refractivity contribution in [2.75, 3.05) is 19.8 Å². The molecule has 1 unspecified atom stereocenters. The Labute approximate surface area is 116 Å². The quantitative estimate of drug-likeness (QED) is 0.788. The van der Waals surface area contributed by atoms with Crippen LogP contribution in [0.5, 0.6) is 0 Å². The van der Waals surface area contributed by atoms with Crippen LogP contribution in [0.1, 0.15) is 25.0 Å². The molecular weight excluding hydrogens is 238 g/mol. The average molecular weight is 263 g/mol. The first kappa shape index (κ1) is 14.5. The highest BCUT2D eigenvalue weighted by atomic mass is 16.5. The van der Waals surface area contributed by atoms with Crippen LogP contribution in [0.2, 0.25) is 0 Å². The van der Waals surface area contributed by atoms with Gasteiger partial charge in [-0.15, -0.1) is 0 Å². The molecule has 0 heterocycles. The van der Waals surface area contributed by atoms with Gasteiger partial charge in [-0.2, -0.15) is 0 Å². The van der Waals surface area contributed by atoms with Crippen molar-refractivity contribution in [3.05, 3.63) is 35.4 Å². The Morgan fingerprint density at radius 3 is 2.42 bits per heavy atom. The van der Waals surface area contributed by atoms with Crippen LogP contribution in [-0.4, -0.2) is 37.0 Å². The van der Waals surface area contributed by atoms with Crippen molar-refractivity contribution >= 4 is 0 Å². The zero-order valence-electron chi connectivity index (χ0n) is 11.9. The molecule has 0 saturated heterocycles. The third-order valence-electron chi connectivity index (χ3n) is 3.45. The number of aliphatic hydroxyl groups is 1. The van der Waals surface area contributed by atoms with Gasteiger partial charge in [0.2, 0.25) is 0 Å². The molecule has 1 aromatic rings. The summed E-state index contributed by atoms with van der Waals surface area (Å²) in [6, 6.07) is 9.03. The normalized spacial score (nSPS) is 16.8. The van der Waals surface area contributed by atoms with Crippen molar-refractivity contribution in [1.82, 2.24) is 5.32 Å². The van der Waals surface area contributed by atoms with Gasteiger partial charge in [0.15, 0.2) is 0 Å². The van der Waals surface area contributed by atoms with E-state index in [-0.39, 0.29) is 0 Å². The molecule has 0 saturated carbocycles. The number of nitrogens with one attached hydrogen (secondary N) is 1. The van der Waals surface area contributed by atoms with Crippen molar-refractivity contribution in [3.8, 4) is 0 Å². The van der Waals surface area contributed by atoms with Gasteiger partial charge in [-0.25, -0.2) is 0 Å². The predicted molar refractivity (Wildman–Crippen MR) is 77.3 cm³/mol. The van der Waals surface area contributed by atoms with E-state index >= 15 is 0 Å². The molecular formula is C16H25NO2. The first-order valence-electron chi connectivity index (χ1n) is 7.21. The minimum Gasteiger partial charge on any atom is -0.389 e. The van der Waals surface area contributed by atoms with Crippen LogP contribution in [0.15, 0.2) is 24.3 Å². The zero-order chi connectivity index (χ0) is 13.7. The van der Waals surface area contributed by atoms with Gasteiger partial charge in [0.25, 0.3) is 0 Å². The topological polar surface area (TPSA) is 41.5 Å². The summed E-state index contributed by atoms with van der Waals surface area (Å²) in [4.78, 5) is 0. The predicted octanol–water partition coefficient (Wildman–Crippen LogP) is 1.78. The largest absolute Gasteiger partial charge is 0.389 e. The number of benzene rings is 1. The Bertz CT molecular complexity index is 367. The summed E-state index contributed by atoms with van der Waals surface area (Å²) >= 11 is 0. The van der Waals surface area contributed by atoms with E-state index in [4.69, 9.17) is 4.74 Å². The molecule has 3 nitrogen and oxygen atoms in total. The Balaban J connectivity index is 1.65. The van der Waals surface area contributed by atoms with Gasteiger partial charge >= 0.3 is 0 Å². The highest BCUT2D eigenvalue weighted by molar-refractivity contribution is 5.33. The lowest BCUT2D eigenvalue weighted by Crippen LogP contribution is -2.38. The molecule has 0 radical (unpaired) electrons. The SMILES string of the molecule is CC(C)COCC(O)CNC1Cc2ccccc2C1. The molecule has 2 rings (SSSR count). The highest BCUT2D eigenvalue weighted by Crippen LogP contribution is 2.21. The Hall–Kier alpha value is -0.900. The molecule has 1 aliphatic rings. The Morgan fingerprint density at radius 1 is 1.21 bits per heavy atom. The van der Waals surface area contributed by atoms with E-state index in [1.165, 1.54) is 11.1 Å². The Morgan fingerprint density at radius 2 is 1.84 bits per heavy atom. The number of hydrogen-bond acceptors (Lipinski definition) is 3. The van der Waals surface area contributed by atoms with Gasteiger partial charge in [-0.05, 0) is 29.9 Å². The second-order valence-electron chi connectivity index (χ2n) is 5.87. The maximum Gasteiger partial charge on any atom is 0.0897 e. The lowest BCUT2D eigenvalue weighted by molar-refractivity contribution is 0.0251. The van der Waals surface area contributed by atoms with Gasteiger partial charge in [-0.3, -0.25) is 0 Å². The van der Waals surface area contributed by atoms with E-state index in [2.05, 4.69) is 43.4 Å². The van der Waals surface area contributed by atoms with Crippen LogP contribution < -0.4 is 5.32 Å². The molecule has 106 valence electrons. The summed E-state index contributed by atoms with van der Waals surface area (Å²) in [6.07, 6.45) is 1.72. The van der Waals surface area contributed by atoms with Crippen molar-refractivity contribution in [2.45, 2.75) is 38.8 Å². The van der Waals surface area contributed by atoms with E-state index < -0.39 is 6.10 Å². The van der Waals surface area contributed by atoms with E-state index in [0.717, 1.165) is 12.8 Å². The third-order valence-corrected chi connectivity index (χ3v) is 3.45. The van der Waals surface area contributed by atoms with E-state index in [1.54, 1.807) is 0 Å². The number of aliphatic hydroxyl groups excluding tert-OH is 1. The zero-order valence-corrected chi connectivity index (χ0v) is 11.9. The molecule has 0 fully saturated rings. The number of ether oxygens (including phenoxy) is 1. The minimum atomic E-state index is -0.414. The van der Waals surface area contributed by atoms with Crippen molar-refractivity contribution in [3.63, 3.8) is 0 Å². The molecule has 0 aromatic heterocycles. The fourth-order valence-electron chi connectivity index (χ4n) is 2.50. The molecule has 3 heteroatoms. The van der Waals surface area contributed by atoms with Crippen LogP contribution in [0.25, 0.3) is 0 Å². The highest BCUT2D eigenvalue weighted by Gasteiger charge is 2.20. The Kier molecular flexibility index (Phi) is 5.37. The van der Waals surface area contributed by atoms with E-state index in [0.29, 0.717) is 31.7 Å². The molecule has 1 aliphatic carbocycles. The number of hydrogen-bond donors (Lipinski definition) is 2. The van der Waals surface area contributed by atoms with Crippen LogP contribution in [0.3, 0.4) is 0 Å². The van der Waals surface area contributed by atoms with Crippen LogP contribution in [0.4, 0.5) is 0 Å². The second kappa shape index (κ2) is 7.04. The van der Waals surface area contributed by atoms with Crippen molar-refractivity contribution < 1.29 is 9.84 Å². The molecule has 0 aliphatic heterocycles. The monoisotopic (exact) mass is 263 g/mol. The smallest absolute Gasteiger partial charge is 0.0897 e. The molecule has 19 heavy (non-hydrogen) atoms. The molecule has 1 atom stereocenters. The molecule has 0 bridgehead atoms. The summed E-state index contributed by atoms with van der Waals surface area (Å²) < 4.78 is 5.44. The fourth-order valence-corrected chi connectivity index (χ4v) is 2.50. The molecule has 1 aromatic carbocycles. The van der Waals surface area contributed by atoms with Gasteiger partial charge in [0.1, 0.15) is 0 Å². The molecule has 2 N–H and O–H groups in total. The molecule has 0 amide bonds. The maximum atomic E-state index is 9.85. The minimum absolute atomic E-state index is 0.414. The standard InChI is InChI=1S/C16H25NO2/c1-12(2)10-19-11-16(18)9-17-15-7-13-5-3-4-6-14(13)8-15/h3-6,12,15-18H,7-11H2,1-2H3. The lowest BCUT2D eigenvalue weighted by atomic mass is 10.1. The number of rotatable bonds is 7. The van der Waals surface area contributed by atoms with E-state index in [9.17, 15) is 5.11 Å². The van der Waals surface area contributed by atoms with E-state index in [1.807, 2.05) is 0 Å². The summed E-state index contributed by atoms with van der Waals surface area (Å²) in [5.74, 6) is 0.518. The number of fused-ring (bicyclic) bond motifs is 1. The molecule has 0 spiro atoms. The van der Waals surface area contributed by atoms with Crippen LogP contribution >= 0.6 is 0 Å². The first-order valence-corrected chi connectivity index (χ1v) is 7.21. The van der Waals surface area contributed by atoms with Gasteiger partial charge < -0.3 is 15.2 Å². The van der Waals surface area contributed by atoms with Crippen LogP contribution in [-0.2, 0) is 17.6 Å². The van der Waals surface area contributed by atoms with Crippen LogP contribution in [0, 0.1) is 5.92 Å².